The fourth-order valence-electron chi connectivity index (χ4n) is 5.27. The van der Waals surface area contributed by atoms with Crippen molar-refractivity contribution in [2.45, 2.75) is 12.5 Å². The fraction of sp³-hybridized carbons (Fsp3) is 0.0769. The first kappa shape index (κ1) is 13.8. The van der Waals surface area contributed by atoms with Gasteiger partial charge in [-0.3, -0.25) is 0 Å². The van der Waals surface area contributed by atoms with E-state index in [0.29, 0.717) is 6.04 Å². The predicted octanol–water partition coefficient (Wildman–Crippen LogP) is 6.60. The normalized spacial score (nSPS) is 17.3. The van der Waals surface area contributed by atoms with Crippen molar-refractivity contribution < 1.29 is 0 Å². The number of hydrogen-bond acceptors (Lipinski definition) is 0. The molecule has 0 radical (unpaired) electrons. The van der Waals surface area contributed by atoms with Crippen molar-refractivity contribution >= 4 is 44.2 Å². The van der Waals surface area contributed by atoms with Gasteiger partial charge in [0.1, 0.15) is 0 Å². The zero-order chi connectivity index (χ0) is 17.5. The molecular formula is C26H17N. The maximum Gasteiger partial charge on any atom is 0.0639 e. The van der Waals surface area contributed by atoms with E-state index in [0.717, 1.165) is 6.42 Å². The van der Waals surface area contributed by atoms with E-state index in [4.69, 9.17) is 0 Å². The zero-order valence-corrected chi connectivity index (χ0v) is 14.8. The maximum absolute atomic E-state index is 2.61. The molecule has 1 aromatic heterocycles. The number of rotatable bonds is 0. The number of allylic oxidation sites excluding steroid dienone is 1. The molecule has 1 atom stereocenters. The molecule has 126 valence electrons. The lowest BCUT2D eigenvalue weighted by Crippen LogP contribution is -2.12. The Hall–Kier alpha value is -3.32. The zero-order valence-electron chi connectivity index (χ0n) is 14.8. The van der Waals surface area contributed by atoms with E-state index >= 15 is 0 Å². The summed E-state index contributed by atoms with van der Waals surface area (Å²) in [5.74, 6) is 0. The summed E-state index contributed by atoms with van der Waals surface area (Å²) in [5.41, 5.74) is 8.49. The van der Waals surface area contributed by atoms with E-state index in [2.05, 4.69) is 89.5 Å². The van der Waals surface area contributed by atoms with E-state index < -0.39 is 0 Å². The first-order valence-corrected chi connectivity index (χ1v) is 9.64. The summed E-state index contributed by atoms with van der Waals surface area (Å²) in [5, 5.41) is 5.40. The van der Waals surface area contributed by atoms with Gasteiger partial charge in [0.15, 0.2) is 0 Å². The van der Waals surface area contributed by atoms with Crippen molar-refractivity contribution in [1.82, 2.24) is 4.57 Å². The Kier molecular flexibility index (Phi) is 2.40. The lowest BCUT2D eigenvalue weighted by Gasteiger charge is -2.23. The largest absolute Gasteiger partial charge is 0.332 e. The van der Waals surface area contributed by atoms with E-state index in [1.165, 1.54) is 54.8 Å². The molecule has 0 bridgehead atoms. The molecule has 0 spiro atoms. The third kappa shape index (κ3) is 1.65. The molecule has 2 aliphatic rings. The molecule has 1 aliphatic heterocycles. The summed E-state index contributed by atoms with van der Waals surface area (Å²) in [7, 11) is 0. The van der Waals surface area contributed by atoms with Crippen LogP contribution in [0.1, 0.15) is 22.7 Å². The summed E-state index contributed by atoms with van der Waals surface area (Å²) < 4.78 is 2.61. The summed E-state index contributed by atoms with van der Waals surface area (Å²) >= 11 is 0. The Labute approximate surface area is 157 Å². The predicted molar refractivity (Wildman–Crippen MR) is 114 cm³/mol. The van der Waals surface area contributed by atoms with Crippen LogP contribution in [0.3, 0.4) is 0 Å². The number of benzene rings is 4. The quantitative estimate of drug-likeness (QED) is 0.298. The van der Waals surface area contributed by atoms with Crippen molar-refractivity contribution in [2.24, 2.45) is 0 Å². The van der Waals surface area contributed by atoms with Crippen LogP contribution in [0.25, 0.3) is 44.2 Å². The van der Waals surface area contributed by atoms with Crippen LogP contribution in [0.15, 0.2) is 78.9 Å². The molecule has 7 rings (SSSR count). The van der Waals surface area contributed by atoms with Crippen LogP contribution in [-0.2, 0) is 6.42 Å². The fourth-order valence-corrected chi connectivity index (χ4v) is 5.27. The Morgan fingerprint density at radius 1 is 0.741 bits per heavy atom. The summed E-state index contributed by atoms with van der Waals surface area (Å²) in [4.78, 5) is 0. The van der Waals surface area contributed by atoms with E-state index in [9.17, 15) is 0 Å². The van der Waals surface area contributed by atoms with Crippen LogP contribution in [-0.4, -0.2) is 4.57 Å². The minimum Gasteiger partial charge on any atom is -0.332 e. The SMILES string of the molecule is C1=C2c3cccc4c5cc6ccccc6cc5n(c34)C2Cc2ccccc21. The van der Waals surface area contributed by atoms with Gasteiger partial charge in [-0.2, -0.15) is 0 Å². The average Bonchev–Trinajstić information content (AvgIpc) is 3.21. The Morgan fingerprint density at radius 2 is 1.56 bits per heavy atom. The second kappa shape index (κ2) is 4.69. The van der Waals surface area contributed by atoms with Crippen molar-refractivity contribution in [3.8, 4) is 0 Å². The Bertz CT molecular complexity index is 1450. The van der Waals surface area contributed by atoms with E-state index in [1.54, 1.807) is 0 Å². The molecule has 0 saturated heterocycles. The van der Waals surface area contributed by atoms with Gasteiger partial charge in [0.05, 0.1) is 17.1 Å². The van der Waals surface area contributed by atoms with Gasteiger partial charge in [-0.25, -0.2) is 0 Å². The van der Waals surface area contributed by atoms with Gasteiger partial charge in [-0.15, -0.1) is 0 Å². The van der Waals surface area contributed by atoms with Crippen molar-refractivity contribution in [3.63, 3.8) is 0 Å². The van der Waals surface area contributed by atoms with Crippen LogP contribution in [0, 0.1) is 0 Å². The van der Waals surface area contributed by atoms with Crippen LogP contribution >= 0.6 is 0 Å². The topological polar surface area (TPSA) is 4.93 Å². The average molecular weight is 343 g/mol. The number of para-hydroxylation sites is 1. The molecule has 0 fully saturated rings. The summed E-state index contributed by atoms with van der Waals surface area (Å²) in [6.45, 7) is 0. The van der Waals surface area contributed by atoms with Gasteiger partial charge >= 0.3 is 0 Å². The number of aromatic nitrogens is 1. The molecule has 2 heterocycles. The van der Waals surface area contributed by atoms with Gasteiger partial charge in [0, 0.05) is 16.3 Å². The van der Waals surface area contributed by atoms with E-state index in [-0.39, 0.29) is 0 Å². The van der Waals surface area contributed by atoms with Crippen LogP contribution in [0.5, 0.6) is 0 Å². The number of hydrogen-bond donors (Lipinski definition) is 0. The smallest absolute Gasteiger partial charge is 0.0639 e. The maximum atomic E-state index is 2.61. The van der Waals surface area contributed by atoms with E-state index in [1.807, 2.05) is 0 Å². The third-order valence-corrected chi connectivity index (χ3v) is 6.45. The molecule has 0 N–H and O–H groups in total. The minimum atomic E-state index is 0.401. The molecule has 1 unspecified atom stereocenters. The number of fused-ring (bicyclic) bond motifs is 8. The first-order valence-electron chi connectivity index (χ1n) is 9.64. The Balaban J connectivity index is 1.64. The highest BCUT2D eigenvalue weighted by atomic mass is 15.0. The van der Waals surface area contributed by atoms with Gasteiger partial charge in [0.25, 0.3) is 0 Å². The highest BCUT2D eigenvalue weighted by Gasteiger charge is 2.34. The summed E-state index contributed by atoms with van der Waals surface area (Å²) in [6, 6.07) is 29.5. The van der Waals surface area contributed by atoms with Crippen molar-refractivity contribution in [2.75, 3.05) is 0 Å². The molecule has 5 aromatic rings. The molecule has 4 aromatic carbocycles. The number of nitrogens with zero attached hydrogens (tertiary/aromatic N) is 1. The molecule has 27 heavy (non-hydrogen) atoms. The molecular weight excluding hydrogens is 326 g/mol. The second-order valence-corrected chi connectivity index (χ2v) is 7.81. The minimum absolute atomic E-state index is 0.401. The van der Waals surface area contributed by atoms with Gasteiger partial charge < -0.3 is 4.57 Å². The van der Waals surface area contributed by atoms with Crippen LogP contribution in [0.2, 0.25) is 0 Å². The first-order chi connectivity index (χ1) is 13.4. The standard InChI is InChI=1S/C26H17N/c1-3-8-18-14-24-22(12-16(18)6-1)20-10-5-11-21-23-13-17-7-2-4-9-19(17)15-25(23)27(24)26(20)21/h1-14,25H,15H2. The molecule has 1 nitrogen and oxygen atoms in total. The van der Waals surface area contributed by atoms with Gasteiger partial charge in [0.2, 0.25) is 0 Å². The highest BCUT2D eigenvalue weighted by Crippen LogP contribution is 2.50. The van der Waals surface area contributed by atoms with Crippen molar-refractivity contribution in [3.05, 3.63) is 95.6 Å². The lowest BCUT2D eigenvalue weighted by atomic mass is 9.86. The van der Waals surface area contributed by atoms with Crippen LogP contribution < -0.4 is 0 Å². The molecule has 0 amide bonds. The van der Waals surface area contributed by atoms with Crippen molar-refractivity contribution in [1.29, 1.82) is 0 Å². The van der Waals surface area contributed by atoms with Gasteiger partial charge in [-0.1, -0.05) is 66.7 Å². The summed E-state index contributed by atoms with van der Waals surface area (Å²) in [6.07, 6.45) is 3.49. The Morgan fingerprint density at radius 3 is 2.48 bits per heavy atom. The molecule has 1 heteroatoms. The highest BCUT2D eigenvalue weighted by molar-refractivity contribution is 6.18. The monoisotopic (exact) mass is 343 g/mol. The lowest BCUT2D eigenvalue weighted by molar-refractivity contribution is 0.670. The van der Waals surface area contributed by atoms with Gasteiger partial charge in [-0.05, 0) is 52.1 Å². The van der Waals surface area contributed by atoms with Crippen LogP contribution in [0.4, 0.5) is 0 Å². The third-order valence-electron chi connectivity index (χ3n) is 6.45. The molecule has 1 aliphatic carbocycles. The molecule has 0 saturated carbocycles. The second-order valence-electron chi connectivity index (χ2n) is 7.81.